The van der Waals surface area contributed by atoms with Crippen molar-refractivity contribution in [1.29, 1.82) is 0 Å². The molecule has 10 heteroatoms. The molecule has 124 valence electrons. The minimum absolute atomic E-state index is 0.00536. The van der Waals surface area contributed by atoms with E-state index in [0.29, 0.717) is 18.2 Å². The molecule has 0 saturated heterocycles. The SMILES string of the molecule is O=S(=O)(Nc1ccc(F)cc1C(F)(F)F)c1ccc(Br)c(F)c1. The van der Waals surface area contributed by atoms with E-state index < -0.39 is 44.0 Å². The Labute approximate surface area is 136 Å². The van der Waals surface area contributed by atoms with Gasteiger partial charge in [-0.1, -0.05) is 0 Å². The topological polar surface area (TPSA) is 46.2 Å². The maximum Gasteiger partial charge on any atom is 0.418 e. The van der Waals surface area contributed by atoms with Gasteiger partial charge in [-0.2, -0.15) is 13.2 Å². The first-order valence-electron chi connectivity index (χ1n) is 5.85. The smallest absolute Gasteiger partial charge is 0.279 e. The lowest BCUT2D eigenvalue weighted by Gasteiger charge is -2.15. The summed E-state index contributed by atoms with van der Waals surface area (Å²) in [4.78, 5) is -0.573. The van der Waals surface area contributed by atoms with Gasteiger partial charge in [-0.15, -0.1) is 0 Å². The quantitative estimate of drug-likeness (QED) is 0.747. The van der Waals surface area contributed by atoms with Crippen molar-refractivity contribution in [3.63, 3.8) is 0 Å². The van der Waals surface area contributed by atoms with Crippen molar-refractivity contribution < 1.29 is 30.4 Å². The zero-order valence-corrected chi connectivity index (χ0v) is 13.4. The molecule has 0 aliphatic carbocycles. The van der Waals surface area contributed by atoms with Crippen molar-refractivity contribution in [2.45, 2.75) is 11.1 Å². The van der Waals surface area contributed by atoms with Crippen LogP contribution in [0.3, 0.4) is 0 Å². The third kappa shape index (κ3) is 3.99. The van der Waals surface area contributed by atoms with Crippen molar-refractivity contribution >= 4 is 31.6 Å². The summed E-state index contributed by atoms with van der Waals surface area (Å²) in [5, 5.41) is 0. The summed E-state index contributed by atoms with van der Waals surface area (Å²) in [6.45, 7) is 0. The van der Waals surface area contributed by atoms with Gasteiger partial charge in [0.15, 0.2) is 0 Å². The van der Waals surface area contributed by atoms with Gasteiger partial charge in [-0.3, -0.25) is 4.72 Å². The highest BCUT2D eigenvalue weighted by atomic mass is 79.9. The van der Waals surface area contributed by atoms with E-state index in [0.717, 1.165) is 12.1 Å². The number of nitrogens with one attached hydrogen (secondary N) is 1. The van der Waals surface area contributed by atoms with Gasteiger partial charge < -0.3 is 0 Å². The van der Waals surface area contributed by atoms with E-state index in [1.165, 1.54) is 0 Å². The first-order valence-corrected chi connectivity index (χ1v) is 8.13. The summed E-state index contributed by atoms with van der Waals surface area (Å²) in [6, 6.07) is 4.23. The third-order valence-electron chi connectivity index (χ3n) is 2.73. The fourth-order valence-corrected chi connectivity index (χ4v) is 3.03. The second kappa shape index (κ2) is 6.08. The molecule has 0 bridgehead atoms. The van der Waals surface area contributed by atoms with E-state index in [9.17, 15) is 30.4 Å². The van der Waals surface area contributed by atoms with Gasteiger partial charge in [0.2, 0.25) is 0 Å². The number of sulfonamides is 1. The normalized spacial score (nSPS) is 12.3. The molecule has 0 radical (unpaired) electrons. The highest BCUT2D eigenvalue weighted by molar-refractivity contribution is 9.10. The lowest BCUT2D eigenvalue weighted by atomic mass is 10.2. The molecule has 0 aliphatic rings. The van der Waals surface area contributed by atoms with Gasteiger partial charge in [-0.25, -0.2) is 17.2 Å². The Balaban J connectivity index is 2.47. The Morgan fingerprint density at radius 1 is 1.00 bits per heavy atom. The molecule has 0 amide bonds. The minimum Gasteiger partial charge on any atom is -0.279 e. The van der Waals surface area contributed by atoms with Crippen LogP contribution >= 0.6 is 15.9 Å². The van der Waals surface area contributed by atoms with E-state index in [4.69, 9.17) is 0 Å². The molecule has 2 rings (SSSR count). The number of alkyl halides is 3. The van der Waals surface area contributed by atoms with Crippen LogP contribution in [0.25, 0.3) is 0 Å². The van der Waals surface area contributed by atoms with E-state index in [2.05, 4.69) is 15.9 Å². The second-order valence-electron chi connectivity index (χ2n) is 4.37. The van der Waals surface area contributed by atoms with Crippen LogP contribution in [-0.2, 0) is 16.2 Å². The summed E-state index contributed by atoms with van der Waals surface area (Å²) in [7, 11) is -4.48. The molecule has 0 fully saturated rings. The molecule has 1 N–H and O–H groups in total. The molecule has 23 heavy (non-hydrogen) atoms. The van der Waals surface area contributed by atoms with E-state index in [1.807, 2.05) is 0 Å². The van der Waals surface area contributed by atoms with Crippen molar-refractivity contribution in [2.24, 2.45) is 0 Å². The van der Waals surface area contributed by atoms with Gasteiger partial charge in [0.1, 0.15) is 11.6 Å². The molecule has 0 unspecified atom stereocenters. The molecular formula is C13H7BrF5NO2S. The molecule has 3 nitrogen and oxygen atoms in total. The van der Waals surface area contributed by atoms with Crippen LogP contribution < -0.4 is 4.72 Å². The summed E-state index contributed by atoms with van der Waals surface area (Å²) in [6.07, 6.45) is -4.97. The predicted molar refractivity (Wildman–Crippen MR) is 76.3 cm³/mol. The van der Waals surface area contributed by atoms with Crippen LogP contribution in [0.4, 0.5) is 27.6 Å². The second-order valence-corrected chi connectivity index (χ2v) is 6.91. The minimum atomic E-state index is -4.97. The molecule has 0 spiro atoms. The number of benzene rings is 2. The molecule has 0 atom stereocenters. The van der Waals surface area contributed by atoms with Crippen molar-refractivity contribution in [1.82, 2.24) is 0 Å². The van der Waals surface area contributed by atoms with Gasteiger partial charge in [0.05, 0.1) is 20.6 Å². The van der Waals surface area contributed by atoms with E-state index in [1.54, 1.807) is 4.72 Å². The maximum absolute atomic E-state index is 13.4. The number of hydrogen-bond donors (Lipinski definition) is 1. The number of rotatable bonds is 3. The Hall–Kier alpha value is -1.68. The van der Waals surface area contributed by atoms with Gasteiger partial charge in [0, 0.05) is 0 Å². The number of hydrogen-bond acceptors (Lipinski definition) is 2. The standard InChI is InChI=1S/C13H7BrF5NO2S/c14-10-3-2-8(6-11(10)16)23(21,22)20-12-4-1-7(15)5-9(12)13(17,18)19/h1-6,20H. The van der Waals surface area contributed by atoms with E-state index in [-0.39, 0.29) is 10.5 Å². The highest BCUT2D eigenvalue weighted by Crippen LogP contribution is 2.36. The van der Waals surface area contributed by atoms with Crippen LogP contribution in [0.1, 0.15) is 5.56 Å². The van der Waals surface area contributed by atoms with Crippen molar-refractivity contribution in [3.8, 4) is 0 Å². The van der Waals surface area contributed by atoms with E-state index >= 15 is 0 Å². The lowest BCUT2D eigenvalue weighted by Crippen LogP contribution is -2.17. The van der Waals surface area contributed by atoms with Crippen molar-refractivity contribution in [3.05, 3.63) is 58.1 Å². The average molecular weight is 416 g/mol. The monoisotopic (exact) mass is 415 g/mol. The molecule has 0 aromatic heterocycles. The fourth-order valence-electron chi connectivity index (χ4n) is 1.69. The Kier molecular flexibility index (Phi) is 4.67. The van der Waals surface area contributed by atoms with Crippen LogP contribution in [0.2, 0.25) is 0 Å². The highest BCUT2D eigenvalue weighted by Gasteiger charge is 2.35. The summed E-state index contributed by atoms with van der Waals surface area (Å²) in [5.74, 6) is -2.07. The Bertz CT molecular complexity index is 852. The first kappa shape index (κ1) is 17.7. The maximum atomic E-state index is 13.4. The van der Waals surface area contributed by atoms with Gasteiger partial charge >= 0.3 is 6.18 Å². The summed E-state index contributed by atoms with van der Waals surface area (Å²) < 4.78 is 90.8. The molecule has 0 saturated carbocycles. The predicted octanol–water partition coefficient (Wildman–Crippen LogP) is 4.55. The van der Waals surface area contributed by atoms with Crippen LogP contribution in [-0.4, -0.2) is 8.42 Å². The molecular weight excluding hydrogens is 409 g/mol. The van der Waals surface area contributed by atoms with Crippen LogP contribution in [0.5, 0.6) is 0 Å². The average Bonchev–Trinajstić information content (AvgIpc) is 2.42. The first-order chi connectivity index (χ1) is 10.5. The van der Waals surface area contributed by atoms with Gasteiger partial charge in [0.25, 0.3) is 10.0 Å². The van der Waals surface area contributed by atoms with Crippen LogP contribution in [0, 0.1) is 11.6 Å². The molecule has 2 aromatic rings. The Morgan fingerprint density at radius 2 is 1.65 bits per heavy atom. The van der Waals surface area contributed by atoms with Gasteiger partial charge in [-0.05, 0) is 52.3 Å². The zero-order chi connectivity index (χ0) is 17.4. The number of anilines is 1. The fraction of sp³-hybridized carbons (Fsp3) is 0.0769. The molecule has 0 aliphatic heterocycles. The van der Waals surface area contributed by atoms with Crippen molar-refractivity contribution in [2.75, 3.05) is 4.72 Å². The third-order valence-corrected chi connectivity index (χ3v) is 4.74. The zero-order valence-electron chi connectivity index (χ0n) is 11.0. The summed E-state index contributed by atoms with van der Waals surface area (Å²) in [5.41, 5.74) is -2.35. The molecule has 2 aromatic carbocycles. The number of halogens is 6. The largest absolute Gasteiger partial charge is 0.418 e. The molecule has 0 heterocycles. The lowest BCUT2D eigenvalue weighted by molar-refractivity contribution is -0.137. The van der Waals surface area contributed by atoms with Crippen LogP contribution in [0.15, 0.2) is 45.8 Å². The summed E-state index contributed by atoms with van der Waals surface area (Å²) >= 11 is 2.83. The Morgan fingerprint density at radius 3 is 2.22 bits per heavy atom.